The van der Waals surface area contributed by atoms with Gasteiger partial charge in [0.1, 0.15) is 5.75 Å². The van der Waals surface area contributed by atoms with Crippen molar-refractivity contribution in [2.75, 3.05) is 13.2 Å². The fourth-order valence-corrected chi connectivity index (χ4v) is 2.88. The van der Waals surface area contributed by atoms with E-state index in [4.69, 9.17) is 21.1 Å². The molecule has 0 bridgehead atoms. The lowest BCUT2D eigenvalue weighted by Crippen LogP contribution is -2.48. The molecule has 0 aliphatic heterocycles. The molecule has 7 nitrogen and oxygen atoms in total. The van der Waals surface area contributed by atoms with E-state index in [1.165, 1.54) is 0 Å². The van der Waals surface area contributed by atoms with Crippen LogP contribution in [0.4, 0.5) is 4.79 Å². The van der Waals surface area contributed by atoms with Crippen molar-refractivity contribution < 1.29 is 23.9 Å². The Morgan fingerprint density at radius 1 is 1.12 bits per heavy atom. The first-order chi connectivity index (χ1) is 12.4. The van der Waals surface area contributed by atoms with Gasteiger partial charge in [0.05, 0.1) is 0 Å². The minimum Gasteiger partial charge on any atom is -0.482 e. The van der Waals surface area contributed by atoms with Gasteiger partial charge in [-0.2, -0.15) is 0 Å². The summed E-state index contributed by atoms with van der Waals surface area (Å²) in [6.45, 7) is 1.19. The van der Waals surface area contributed by atoms with Gasteiger partial charge in [-0.15, -0.1) is 0 Å². The van der Waals surface area contributed by atoms with Gasteiger partial charge in [0, 0.05) is 11.1 Å². The smallest absolute Gasteiger partial charge is 0.344 e. The molecule has 142 valence electrons. The van der Waals surface area contributed by atoms with Crippen LogP contribution in [0.2, 0.25) is 5.02 Å². The van der Waals surface area contributed by atoms with Crippen molar-refractivity contribution in [2.45, 2.75) is 38.6 Å². The van der Waals surface area contributed by atoms with Crippen LogP contribution in [0.3, 0.4) is 0 Å². The molecule has 2 N–H and O–H groups in total. The molecule has 2 atom stereocenters. The van der Waals surface area contributed by atoms with Crippen molar-refractivity contribution in [1.82, 2.24) is 10.6 Å². The molecule has 1 aliphatic carbocycles. The maximum Gasteiger partial charge on any atom is 0.344 e. The van der Waals surface area contributed by atoms with E-state index < -0.39 is 24.5 Å². The molecule has 3 amide bonds. The zero-order valence-electron chi connectivity index (χ0n) is 14.6. The van der Waals surface area contributed by atoms with Gasteiger partial charge in [0.25, 0.3) is 5.91 Å². The molecule has 0 saturated heterocycles. The number of ether oxygens (including phenoxy) is 2. The highest BCUT2D eigenvalue weighted by atomic mass is 35.5. The Morgan fingerprint density at radius 2 is 1.81 bits per heavy atom. The van der Waals surface area contributed by atoms with Gasteiger partial charge in [0.2, 0.25) is 0 Å². The Morgan fingerprint density at radius 3 is 2.50 bits per heavy atom. The Balaban J connectivity index is 1.63. The number of urea groups is 1. The summed E-state index contributed by atoms with van der Waals surface area (Å²) >= 11 is 5.75. The molecule has 1 aliphatic rings. The van der Waals surface area contributed by atoms with E-state index in [0.717, 1.165) is 25.7 Å². The normalized spacial score (nSPS) is 19.3. The van der Waals surface area contributed by atoms with Crippen LogP contribution >= 0.6 is 11.6 Å². The van der Waals surface area contributed by atoms with Crippen molar-refractivity contribution in [3.8, 4) is 5.75 Å². The highest BCUT2D eigenvalue weighted by molar-refractivity contribution is 6.30. The first-order valence-electron chi connectivity index (χ1n) is 8.58. The molecule has 0 spiro atoms. The topological polar surface area (TPSA) is 93.7 Å². The SMILES string of the molecule is C[C@H]1CCCC[C@@H]1NC(=O)NC(=O)COC(=O)COc1ccc(Cl)cc1. The summed E-state index contributed by atoms with van der Waals surface area (Å²) in [6.07, 6.45) is 4.19. The largest absolute Gasteiger partial charge is 0.482 e. The quantitative estimate of drug-likeness (QED) is 0.738. The Kier molecular flexibility index (Phi) is 7.72. The molecular formula is C18H23ClN2O5. The molecule has 1 aromatic rings. The molecule has 8 heteroatoms. The first-order valence-corrected chi connectivity index (χ1v) is 8.96. The molecule has 0 unspecified atom stereocenters. The van der Waals surface area contributed by atoms with E-state index in [1.54, 1.807) is 24.3 Å². The van der Waals surface area contributed by atoms with E-state index in [-0.39, 0.29) is 12.6 Å². The number of amides is 3. The van der Waals surface area contributed by atoms with Crippen molar-refractivity contribution >= 4 is 29.5 Å². The van der Waals surface area contributed by atoms with E-state index in [0.29, 0.717) is 16.7 Å². The third-order valence-corrected chi connectivity index (χ3v) is 4.47. The second-order valence-electron chi connectivity index (χ2n) is 6.29. The second kappa shape index (κ2) is 10.0. The minimum atomic E-state index is -0.712. The number of benzene rings is 1. The lowest BCUT2D eigenvalue weighted by molar-refractivity contribution is -0.150. The Bertz CT molecular complexity index is 635. The fourth-order valence-electron chi connectivity index (χ4n) is 2.76. The third kappa shape index (κ3) is 6.92. The number of rotatable bonds is 6. The Hall–Kier alpha value is -2.28. The summed E-state index contributed by atoms with van der Waals surface area (Å²) < 4.78 is 9.98. The van der Waals surface area contributed by atoms with Crippen LogP contribution in [0.5, 0.6) is 5.75 Å². The van der Waals surface area contributed by atoms with Gasteiger partial charge < -0.3 is 14.8 Å². The van der Waals surface area contributed by atoms with Crippen LogP contribution in [-0.4, -0.2) is 37.2 Å². The second-order valence-corrected chi connectivity index (χ2v) is 6.73. The van der Waals surface area contributed by atoms with Crippen LogP contribution in [0.25, 0.3) is 0 Å². The lowest BCUT2D eigenvalue weighted by atomic mass is 9.86. The Labute approximate surface area is 157 Å². The number of hydrogen-bond donors (Lipinski definition) is 2. The average Bonchev–Trinajstić information content (AvgIpc) is 2.61. The number of hydrogen-bond acceptors (Lipinski definition) is 5. The summed E-state index contributed by atoms with van der Waals surface area (Å²) in [5, 5.41) is 5.51. The fraction of sp³-hybridized carbons (Fsp3) is 0.500. The molecule has 26 heavy (non-hydrogen) atoms. The molecular weight excluding hydrogens is 360 g/mol. The zero-order chi connectivity index (χ0) is 18.9. The van der Waals surface area contributed by atoms with Crippen molar-refractivity contribution in [3.63, 3.8) is 0 Å². The maximum absolute atomic E-state index is 11.8. The summed E-state index contributed by atoms with van der Waals surface area (Å²) in [5.41, 5.74) is 0. The predicted molar refractivity (Wildman–Crippen MR) is 96.0 cm³/mol. The number of halogens is 1. The van der Waals surface area contributed by atoms with E-state index >= 15 is 0 Å². The van der Waals surface area contributed by atoms with Crippen molar-refractivity contribution in [1.29, 1.82) is 0 Å². The lowest BCUT2D eigenvalue weighted by Gasteiger charge is -2.29. The van der Waals surface area contributed by atoms with Crippen LogP contribution < -0.4 is 15.4 Å². The number of esters is 1. The maximum atomic E-state index is 11.8. The van der Waals surface area contributed by atoms with E-state index in [2.05, 4.69) is 17.6 Å². The van der Waals surface area contributed by atoms with Crippen LogP contribution in [0.1, 0.15) is 32.6 Å². The zero-order valence-corrected chi connectivity index (χ0v) is 15.4. The summed E-state index contributed by atoms with van der Waals surface area (Å²) in [7, 11) is 0. The van der Waals surface area contributed by atoms with Gasteiger partial charge in [-0.25, -0.2) is 9.59 Å². The molecule has 0 aromatic heterocycles. The highest BCUT2D eigenvalue weighted by Gasteiger charge is 2.23. The minimum absolute atomic E-state index is 0.0619. The van der Waals surface area contributed by atoms with Crippen LogP contribution in [-0.2, 0) is 14.3 Å². The summed E-state index contributed by atoms with van der Waals surface area (Å²) in [4.78, 5) is 35.1. The van der Waals surface area contributed by atoms with Crippen molar-refractivity contribution in [2.24, 2.45) is 5.92 Å². The number of imide groups is 1. The third-order valence-electron chi connectivity index (χ3n) is 4.22. The molecule has 1 fully saturated rings. The number of carbonyl (C=O) groups is 3. The number of carbonyl (C=O) groups excluding carboxylic acids is 3. The first kappa shape index (κ1) is 20.0. The summed E-state index contributed by atoms with van der Waals surface area (Å²) in [6, 6.07) is 5.97. The van der Waals surface area contributed by atoms with E-state index in [9.17, 15) is 14.4 Å². The van der Waals surface area contributed by atoms with Crippen molar-refractivity contribution in [3.05, 3.63) is 29.3 Å². The summed E-state index contributed by atoms with van der Waals surface area (Å²) in [5.74, 6) is -0.563. The van der Waals surface area contributed by atoms with Crippen LogP contribution in [0, 0.1) is 5.92 Å². The molecule has 0 heterocycles. The number of nitrogens with one attached hydrogen (secondary N) is 2. The average molecular weight is 383 g/mol. The van der Waals surface area contributed by atoms with Gasteiger partial charge in [-0.3, -0.25) is 10.1 Å². The predicted octanol–water partition coefficient (Wildman–Crippen LogP) is 2.67. The van der Waals surface area contributed by atoms with Crippen LogP contribution in [0.15, 0.2) is 24.3 Å². The van der Waals surface area contributed by atoms with Gasteiger partial charge >= 0.3 is 12.0 Å². The molecule has 1 saturated carbocycles. The van der Waals surface area contributed by atoms with Gasteiger partial charge in [-0.1, -0.05) is 31.4 Å². The molecule has 0 radical (unpaired) electrons. The van der Waals surface area contributed by atoms with Gasteiger partial charge in [0.15, 0.2) is 13.2 Å². The molecule has 2 rings (SSSR count). The molecule has 1 aromatic carbocycles. The monoisotopic (exact) mass is 382 g/mol. The highest BCUT2D eigenvalue weighted by Crippen LogP contribution is 2.23. The van der Waals surface area contributed by atoms with Gasteiger partial charge in [-0.05, 0) is 43.0 Å². The van der Waals surface area contributed by atoms with E-state index in [1.807, 2.05) is 0 Å². The standard InChI is InChI=1S/C18H23ClN2O5/c1-12-4-2-3-5-15(12)20-18(24)21-16(22)10-26-17(23)11-25-14-8-6-13(19)7-9-14/h6-9,12,15H,2-5,10-11H2,1H3,(H2,20,21,22,24)/t12-,15-/m0/s1.